The first-order valence-corrected chi connectivity index (χ1v) is 10.9. The van der Waals surface area contributed by atoms with Crippen LogP contribution in [-0.4, -0.2) is 51.1 Å². The van der Waals surface area contributed by atoms with E-state index in [4.69, 9.17) is 14.2 Å². The van der Waals surface area contributed by atoms with Crippen LogP contribution in [0.1, 0.15) is 40.7 Å². The molecular weight excluding hydrogens is 378 g/mol. The maximum atomic E-state index is 13.1. The number of hydrogen-bond donors (Lipinski definition) is 0. The Morgan fingerprint density at radius 3 is 2.43 bits per heavy atom. The van der Waals surface area contributed by atoms with Gasteiger partial charge >= 0.3 is 0 Å². The van der Waals surface area contributed by atoms with E-state index in [2.05, 4.69) is 4.90 Å². The summed E-state index contributed by atoms with van der Waals surface area (Å²) in [6.45, 7) is 3.82. The smallest absolute Gasteiger partial charge is 0.167 e. The predicted molar refractivity (Wildman–Crippen MR) is 117 cm³/mol. The van der Waals surface area contributed by atoms with E-state index in [9.17, 15) is 4.79 Å². The minimum atomic E-state index is -0.0401. The van der Waals surface area contributed by atoms with E-state index in [-0.39, 0.29) is 11.7 Å². The molecule has 1 heterocycles. The van der Waals surface area contributed by atoms with Gasteiger partial charge in [0.2, 0.25) is 0 Å². The number of fused-ring (bicyclic) bond motifs is 1. The Hall–Kier alpha value is -2.53. The minimum absolute atomic E-state index is 0.0401. The van der Waals surface area contributed by atoms with Gasteiger partial charge in [-0.15, -0.1) is 0 Å². The van der Waals surface area contributed by atoms with E-state index >= 15 is 0 Å². The highest BCUT2D eigenvalue weighted by atomic mass is 16.5. The van der Waals surface area contributed by atoms with Crippen molar-refractivity contribution in [1.29, 1.82) is 0 Å². The highest BCUT2D eigenvalue weighted by molar-refractivity contribution is 6.03. The lowest BCUT2D eigenvalue weighted by Crippen LogP contribution is -2.33. The van der Waals surface area contributed by atoms with Gasteiger partial charge in [0, 0.05) is 18.0 Å². The quantitative estimate of drug-likeness (QED) is 0.655. The number of Topliss-reactive ketones (excluding diaryl/α,β-unsaturated/α-hetero) is 1. The molecule has 0 N–H and O–H groups in total. The van der Waals surface area contributed by atoms with E-state index in [0.29, 0.717) is 18.1 Å². The fourth-order valence-corrected chi connectivity index (χ4v) is 4.53. The molecule has 30 heavy (non-hydrogen) atoms. The molecule has 1 aliphatic carbocycles. The van der Waals surface area contributed by atoms with Crippen molar-refractivity contribution in [2.45, 2.75) is 32.1 Å². The Bertz CT molecular complexity index is 871. The summed E-state index contributed by atoms with van der Waals surface area (Å²) in [5.74, 6) is 2.37. The summed E-state index contributed by atoms with van der Waals surface area (Å²) in [6.07, 6.45) is 5.34. The van der Waals surface area contributed by atoms with Crippen molar-refractivity contribution < 1.29 is 19.0 Å². The first kappa shape index (κ1) is 20.7. The maximum Gasteiger partial charge on any atom is 0.167 e. The van der Waals surface area contributed by atoms with Gasteiger partial charge in [-0.25, -0.2) is 0 Å². The van der Waals surface area contributed by atoms with E-state index in [1.807, 2.05) is 36.4 Å². The summed E-state index contributed by atoms with van der Waals surface area (Å²) in [4.78, 5) is 15.5. The number of carbonyl (C=O) groups excluding carboxylic acids is 1. The van der Waals surface area contributed by atoms with Crippen molar-refractivity contribution >= 4 is 5.78 Å². The summed E-state index contributed by atoms with van der Waals surface area (Å²) >= 11 is 0. The highest BCUT2D eigenvalue weighted by Gasteiger charge is 2.32. The normalized spacial score (nSPS) is 18.9. The summed E-state index contributed by atoms with van der Waals surface area (Å²) in [5, 5.41) is 0. The Morgan fingerprint density at radius 1 is 0.967 bits per heavy atom. The Morgan fingerprint density at radius 2 is 1.73 bits per heavy atom. The Labute approximate surface area is 178 Å². The maximum absolute atomic E-state index is 13.1. The molecule has 5 nitrogen and oxygen atoms in total. The van der Waals surface area contributed by atoms with Crippen LogP contribution in [0.2, 0.25) is 0 Å². The number of ketones is 1. The van der Waals surface area contributed by atoms with Crippen LogP contribution in [0.15, 0.2) is 36.4 Å². The topological polar surface area (TPSA) is 48.0 Å². The van der Waals surface area contributed by atoms with Gasteiger partial charge in [-0.05, 0) is 74.2 Å². The number of hydrogen-bond acceptors (Lipinski definition) is 5. The highest BCUT2D eigenvalue weighted by Crippen LogP contribution is 2.38. The second-order valence-corrected chi connectivity index (χ2v) is 8.23. The monoisotopic (exact) mass is 409 g/mol. The molecule has 0 radical (unpaired) electrons. The van der Waals surface area contributed by atoms with Crippen LogP contribution in [0.4, 0.5) is 0 Å². The first-order chi connectivity index (χ1) is 14.7. The molecule has 0 aromatic heterocycles. The average Bonchev–Trinajstić information content (AvgIpc) is 3.09. The zero-order valence-electron chi connectivity index (χ0n) is 18.0. The predicted octanol–water partition coefficient (Wildman–Crippen LogP) is 4.17. The van der Waals surface area contributed by atoms with Crippen molar-refractivity contribution in [3.05, 3.63) is 53.1 Å². The van der Waals surface area contributed by atoms with Crippen LogP contribution < -0.4 is 14.2 Å². The molecule has 5 heteroatoms. The zero-order valence-corrected chi connectivity index (χ0v) is 18.0. The number of ether oxygens (including phenoxy) is 3. The van der Waals surface area contributed by atoms with E-state index in [1.165, 1.54) is 19.3 Å². The third-order valence-electron chi connectivity index (χ3n) is 6.25. The molecule has 1 unspecified atom stereocenters. The minimum Gasteiger partial charge on any atom is -0.497 e. The molecule has 0 saturated carbocycles. The summed E-state index contributed by atoms with van der Waals surface area (Å²) in [6, 6.07) is 11.8. The molecule has 2 aromatic rings. The van der Waals surface area contributed by atoms with Gasteiger partial charge in [-0.1, -0.05) is 18.6 Å². The Balaban J connectivity index is 1.42. The third kappa shape index (κ3) is 4.62. The molecule has 1 fully saturated rings. The van der Waals surface area contributed by atoms with E-state index in [1.54, 1.807) is 14.2 Å². The second kappa shape index (κ2) is 9.52. The van der Waals surface area contributed by atoms with Crippen molar-refractivity contribution in [3.8, 4) is 17.2 Å². The van der Waals surface area contributed by atoms with Gasteiger partial charge in [0.25, 0.3) is 0 Å². The van der Waals surface area contributed by atoms with Gasteiger partial charge in [0.15, 0.2) is 17.3 Å². The zero-order chi connectivity index (χ0) is 20.9. The van der Waals surface area contributed by atoms with Crippen molar-refractivity contribution in [3.63, 3.8) is 0 Å². The lowest BCUT2D eigenvalue weighted by atomic mass is 9.96. The third-order valence-corrected chi connectivity index (χ3v) is 6.25. The number of nitrogens with zero attached hydrogens (tertiary/aromatic N) is 1. The number of benzene rings is 2. The number of carbonyl (C=O) groups is 1. The molecule has 1 saturated heterocycles. The first-order valence-electron chi connectivity index (χ1n) is 10.9. The van der Waals surface area contributed by atoms with Gasteiger partial charge in [0.1, 0.15) is 12.4 Å². The number of methoxy groups -OCH3 is 2. The summed E-state index contributed by atoms with van der Waals surface area (Å²) in [5.41, 5.74) is 2.98. The van der Waals surface area contributed by atoms with Crippen LogP contribution in [0.5, 0.6) is 17.2 Å². The van der Waals surface area contributed by atoms with Gasteiger partial charge in [0.05, 0.1) is 14.2 Å². The van der Waals surface area contributed by atoms with Crippen LogP contribution in [0.3, 0.4) is 0 Å². The largest absolute Gasteiger partial charge is 0.497 e. The van der Waals surface area contributed by atoms with Gasteiger partial charge in [-0.2, -0.15) is 0 Å². The molecule has 160 valence electrons. The van der Waals surface area contributed by atoms with Crippen LogP contribution in [-0.2, 0) is 12.8 Å². The lowest BCUT2D eigenvalue weighted by Gasteiger charge is -2.26. The fourth-order valence-electron chi connectivity index (χ4n) is 4.53. The second-order valence-electron chi connectivity index (χ2n) is 8.23. The van der Waals surface area contributed by atoms with Gasteiger partial charge < -0.3 is 14.2 Å². The summed E-state index contributed by atoms with van der Waals surface area (Å²) in [7, 11) is 3.32. The van der Waals surface area contributed by atoms with Crippen LogP contribution in [0, 0.1) is 5.92 Å². The molecule has 0 amide bonds. The fraction of sp³-hybridized carbons (Fsp3) is 0.480. The van der Waals surface area contributed by atoms with Crippen LogP contribution in [0.25, 0.3) is 0 Å². The standard InChI is InChI=1S/C25H31NO4/c1-28-21-8-6-18(7-9-21)14-20-15-19-16-23(29-2)24(17-22(19)25(20)27)30-13-12-26-10-4-3-5-11-26/h6-9,16-17,20H,3-5,10-15H2,1-2H3. The lowest BCUT2D eigenvalue weighted by molar-refractivity contribution is 0.0936. The molecule has 0 spiro atoms. The average molecular weight is 410 g/mol. The Kier molecular flexibility index (Phi) is 6.58. The number of piperidine rings is 1. The number of likely N-dealkylation sites (tertiary alicyclic amines) is 1. The molecule has 4 rings (SSSR count). The molecule has 1 atom stereocenters. The SMILES string of the molecule is COc1ccc(CC2Cc3cc(OC)c(OCCN4CCCCC4)cc3C2=O)cc1. The van der Waals surface area contributed by atoms with Crippen molar-refractivity contribution in [2.75, 3.05) is 40.5 Å². The molecule has 1 aliphatic heterocycles. The number of rotatable bonds is 8. The summed E-state index contributed by atoms with van der Waals surface area (Å²) < 4.78 is 16.8. The molecule has 0 bridgehead atoms. The molecule has 2 aliphatic rings. The van der Waals surface area contributed by atoms with Gasteiger partial charge in [-0.3, -0.25) is 9.69 Å². The van der Waals surface area contributed by atoms with E-state index in [0.717, 1.165) is 54.9 Å². The molecule has 2 aromatic carbocycles. The molecular formula is C25H31NO4. The van der Waals surface area contributed by atoms with E-state index < -0.39 is 0 Å². The van der Waals surface area contributed by atoms with Crippen molar-refractivity contribution in [2.24, 2.45) is 5.92 Å². The van der Waals surface area contributed by atoms with Crippen molar-refractivity contribution in [1.82, 2.24) is 4.90 Å². The van der Waals surface area contributed by atoms with Crippen LogP contribution >= 0.6 is 0 Å².